The van der Waals surface area contributed by atoms with Crippen molar-refractivity contribution in [3.8, 4) is 0 Å². The fourth-order valence-corrected chi connectivity index (χ4v) is 1.44. The molecule has 0 aliphatic rings. The molecule has 0 heterocycles. The molecule has 0 aromatic heterocycles. The Balaban J connectivity index is 2.82. The van der Waals surface area contributed by atoms with Gasteiger partial charge in [-0.3, -0.25) is 4.72 Å². The van der Waals surface area contributed by atoms with Crippen LogP contribution in [-0.4, -0.2) is 13.6 Å². The lowest BCUT2D eigenvalue weighted by Crippen LogP contribution is -2.13. The van der Waals surface area contributed by atoms with E-state index >= 15 is 0 Å². The van der Waals surface area contributed by atoms with Crippen molar-refractivity contribution in [1.29, 1.82) is 0 Å². The number of halogens is 2. The van der Waals surface area contributed by atoms with Crippen LogP contribution in [0.3, 0.4) is 0 Å². The topological polar surface area (TPSA) is 46.2 Å². The number of anilines is 1. The van der Waals surface area contributed by atoms with Gasteiger partial charge in [0.2, 0.25) is 10.0 Å². The third kappa shape index (κ3) is 3.20. The molecule has 0 radical (unpaired) electrons. The van der Waals surface area contributed by atoms with Gasteiger partial charge in [-0.2, -0.15) is 0 Å². The SMILES string of the molecule is O=S(=O)(CCl)Nc1ccc(F)cc1. The maximum absolute atomic E-state index is 12.4. The highest BCUT2D eigenvalue weighted by Crippen LogP contribution is 2.10. The van der Waals surface area contributed by atoms with E-state index in [4.69, 9.17) is 11.6 Å². The minimum Gasteiger partial charge on any atom is -0.283 e. The maximum atomic E-state index is 12.4. The van der Waals surface area contributed by atoms with Crippen LogP contribution in [0.1, 0.15) is 0 Å². The zero-order valence-electron chi connectivity index (χ0n) is 6.50. The fraction of sp³-hybridized carbons (Fsp3) is 0.143. The Labute approximate surface area is 80.6 Å². The van der Waals surface area contributed by atoms with Gasteiger partial charge in [-0.25, -0.2) is 12.8 Å². The van der Waals surface area contributed by atoms with E-state index in [9.17, 15) is 12.8 Å². The molecule has 0 aliphatic heterocycles. The number of benzene rings is 1. The first kappa shape index (κ1) is 10.3. The van der Waals surface area contributed by atoms with Gasteiger partial charge < -0.3 is 0 Å². The van der Waals surface area contributed by atoms with Crippen LogP contribution in [0.4, 0.5) is 10.1 Å². The molecule has 3 nitrogen and oxygen atoms in total. The molecule has 0 spiro atoms. The summed E-state index contributed by atoms with van der Waals surface area (Å²) in [5, 5.41) is -0.523. The van der Waals surface area contributed by atoms with E-state index in [1.54, 1.807) is 0 Å². The lowest BCUT2D eigenvalue weighted by molar-refractivity contribution is 0.605. The van der Waals surface area contributed by atoms with E-state index in [0.29, 0.717) is 5.69 Å². The van der Waals surface area contributed by atoms with E-state index in [1.165, 1.54) is 12.1 Å². The summed E-state index contributed by atoms with van der Waals surface area (Å²) in [4.78, 5) is 0. The monoisotopic (exact) mass is 223 g/mol. The van der Waals surface area contributed by atoms with Gasteiger partial charge in [0.1, 0.15) is 11.0 Å². The number of alkyl halides is 1. The molecule has 1 aromatic rings. The zero-order chi connectivity index (χ0) is 9.90. The summed E-state index contributed by atoms with van der Waals surface area (Å²) < 4.78 is 36.4. The highest BCUT2D eigenvalue weighted by Gasteiger charge is 2.07. The molecule has 0 saturated carbocycles. The van der Waals surface area contributed by atoms with Crippen LogP contribution in [0.5, 0.6) is 0 Å². The molecular formula is C7H7ClFNO2S. The number of nitrogens with one attached hydrogen (secondary N) is 1. The van der Waals surface area contributed by atoms with Crippen molar-refractivity contribution >= 4 is 27.3 Å². The summed E-state index contributed by atoms with van der Waals surface area (Å²) in [6.45, 7) is 0. The van der Waals surface area contributed by atoms with Crippen molar-refractivity contribution in [2.45, 2.75) is 0 Å². The van der Waals surface area contributed by atoms with Crippen LogP contribution in [0.15, 0.2) is 24.3 Å². The molecule has 0 atom stereocenters. The van der Waals surface area contributed by atoms with E-state index < -0.39 is 21.1 Å². The van der Waals surface area contributed by atoms with Crippen molar-refractivity contribution < 1.29 is 12.8 Å². The van der Waals surface area contributed by atoms with Crippen molar-refractivity contribution in [3.05, 3.63) is 30.1 Å². The smallest absolute Gasteiger partial charge is 0.246 e. The largest absolute Gasteiger partial charge is 0.283 e. The van der Waals surface area contributed by atoms with E-state index in [2.05, 4.69) is 4.72 Å². The minimum absolute atomic E-state index is 0.294. The third-order valence-corrected chi connectivity index (χ3v) is 2.96. The molecule has 6 heteroatoms. The lowest BCUT2D eigenvalue weighted by atomic mass is 10.3. The van der Waals surface area contributed by atoms with Gasteiger partial charge in [0.05, 0.1) is 0 Å². The molecule has 1 N–H and O–H groups in total. The standard InChI is InChI=1S/C7H7ClFNO2S/c8-5-13(11,12)10-7-3-1-6(9)2-4-7/h1-4,10H,5H2. The number of rotatable bonds is 3. The third-order valence-electron chi connectivity index (χ3n) is 1.26. The Hall–Kier alpha value is -0.810. The summed E-state index contributed by atoms with van der Waals surface area (Å²) in [7, 11) is -3.49. The normalized spacial score (nSPS) is 11.2. The summed E-state index contributed by atoms with van der Waals surface area (Å²) in [5.41, 5.74) is 0.294. The van der Waals surface area contributed by atoms with Crippen molar-refractivity contribution in [3.63, 3.8) is 0 Å². The summed E-state index contributed by atoms with van der Waals surface area (Å²) in [6.07, 6.45) is 0. The van der Waals surface area contributed by atoms with Crippen LogP contribution in [0, 0.1) is 5.82 Å². The Morgan fingerprint density at radius 2 is 1.85 bits per heavy atom. The summed E-state index contributed by atoms with van der Waals surface area (Å²) in [5.74, 6) is -0.422. The van der Waals surface area contributed by atoms with Crippen LogP contribution in [0.2, 0.25) is 0 Å². The molecule has 0 fully saturated rings. The quantitative estimate of drug-likeness (QED) is 0.794. The van der Waals surface area contributed by atoms with Crippen LogP contribution >= 0.6 is 11.6 Å². The Morgan fingerprint density at radius 3 is 2.31 bits per heavy atom. The van der Waals surface area contributed by atoms with Crippen LogP contribution in [-0.2, 0) is 10.0 Å². The molecule has 13 heavy (non-hydrogen) atoms. The Kier molecular flexibility index (Phi) is 3.11. The average Bonchev–Trinajstić information content (AvgIpc) is 2.09. The van der Waals surface area contributed by atoms with Gasteiger partial charge in [-0.05, 0) is 24.3 Å². The van der Waals surface area contributed by atoms with Crippen LogP contribution < -0.4 is 4.72 Å². The molecule has 0 unspecified atom stereocenters. The fourth-order valence-electron chi connectivity index (χ4n) is 0.725. The molecule has 0 aliphatic carbocycles. The molecule has 1 aromatic carbocycles. The zero-order valence-corrected chi connectivity index (χ0v) is 8.07. The molecule has 0 amide bonds. The Bertz CT molecular complexity index is 376. The van der Waals surface area contributed by atoms with Gasteiger partial charge >= 0.3 is 0 Å². The Morgan fingerprint density at radius 1 is 1.31 bits per heavy atom. The average molecular weight is 224 g/mol. The predicted molar refractivity (Wildman–Crippen MR) is 49.7 cm³/mol. The lowest BCUT2D eigenvalue weighted by Gasteiger charge is -2.03. The first-order chi connectivity index (χ1) is 6.03. The van der Waals surface area contributed by atoms with Gasteiger partial charge in [-0.15, -0.1) is 11.6 Å². The summed E-state index contributed by atoms with van der Waals surface area (Å²) >= 11 is 5.15. The van der Waals surface area contributed by atoms with Crippen molar-refractivity contribution in [2.75, 3.05) is 9.93 Å². The molecule has 72 valence electrons. The van der Waals surface area contributed by atoms with Crippen molar-refractivity contribution in [2.24, 2.45) is 0 Å². The van der Waals surface area contributed by atoms with Crippen molar-refractivity contribution in [1.82, 2.24) is 0 Å². The maximum Gasteiger partial charge on any atom is 0.246 e. The van der Waals surface area contributed by atoms with Gasteiger partial charge in [0.25, 0.3) is 0 Å². The molecule has 0 saturated heterocycles. The van der Waals surface area contributed by atoms with Gasteiger partial charge in [-0.1, -0.05) is 0 Å². The van der Waals surface area contributed by atoms with E-state index in [-0.39, 0.29) is 0 Å². The highest BCUT2D eigenvalue weighted by molar-refractivity contribution is 7.93. The van der Waals surface area contributed by atoms with Gasteiger partial charge in [0.15, 0.2) is 0 Å². The van der Waals surface area contributed by atoms with E-state index in [1.807, 2.05) is 0 Å². The molecular weight excluding hydrogens is 217 g/mol. The molecule has 0 bridgehead atoms. The highest BCUT2D eigenvalue weighted by atomic mass is 35.5. The minimum atomic E-state index is -3.49. The number of sulfonamides is 1. The first-order valence-corrected chi connectivity index (χ1v) is 5.54. The second kappa shape index (κ2) is 3.93. The van der Waals surface area contributed by atoms with Crippen LogP contribution in [0.25, 0.3) is 0 Å². The van der Waals surface area contributed by atoms with E-state index in [0.717, 1.165) is 12.1 Å². The second-order valence-electron chi connectivity index (χ2n) is 2.33. The number of hydrogen-bond donors (Lipinski definition) is 1. The molecule has 1 rings (SSSR count). The van der Waals surface area contributed by atoms with Gasteiger partial charge in [0, 0.05) is 5.69 Å². The summed E-state index contributed by atoms with van der Waals surface area (Å²) in [6, 6.07) is 4.96. The predicted octanol–water partition coefficient (Wildman–Crippen LogP) is 1.76. The second-order valence-corrected chi connectivity index (χ2v) is 4.64. The first-order valence-electron chi connectivity index (χ1n) is 3.35. The number of hydrogen-bond acceptors (Lipinski definition) is 2.